The number of nitrogens with two attached hydrogens (primary N) is 1. The smallest absolute Gasteiger partial charge is 0.225 e. The predicted octanol–water partition coefficient (Wildman–Crippen LogP) is 2.10. The largest absolute Gasteiger partial charge is 0.330 e. The van der Waals surface area contributed by atoms with Gasteiger partial charge in [0.15, 0.2) is 0 Å². The Balaban J connectivity index is 0.00000196. The van der Waals surface area contributed by atoms with E-state index in [1.54, 1.807) is 0 Å². The van der Waals surface area contributed by atoms with Gasteiger partial charge in [0.2, 0.25) is 5.91 Å². The SMILES string of the molecule is Cl.NCCC(=O)Nc1cnc(Cl)c(Cl)c1. The van der Waals surface area contributed by atoms with Crippen LogP contribution in [0.15, 0.2) is 12.3 Å². The molecule has 4 nitrogen and oxygen atoms in total. The van der Waals surface area contributed by atoms with Crippen LogP contribution in [0, 0.1) is 0 Å². The highest BCUT2D eigenvalue weighted by Gasteiger charge is 2.04. The molecular formula is C8H10Cl3N3O. The number of rotatable bonds is 3. The van der Waals surface area contributed by atoms with Crippen molar-refractivity contribution in [1.82, 2.24) is 4.98 Å². The van der Waals surface area contributed by atoms with E-state index in [-0.39, 0.29) is 29.9 Å². The fraction of sp³-hybridized carbons (Fsp3) is 0.250. The number of carbonyl (C=O) groups excluding carboxylic acids is 1. The van der Waals surface area contributed by atoms with Gasteiger partial charge in [0, 0.05) is 13.0 Å². The van der Waals surface area contributed by atoms with E-state index in [0.29, 0.717) is 17.3 Å². The first-order valence-corrected chi connectivity index (χ1v) is 4.70. The van der Waals surface area contributed by atoms with E-state index in [1.165, 1.54) is 12.3 Å². The number of anilines is 1. The molecule has 84 valence electrons. The van der Waals surface area contributed by atoms with Gasteiger partial charge in [-0.2, -0.15) is 0 Å². The third-order valence-electron chi connectivity index (χ3n) is 1.45. The van der Waals surface area contributed by atoms with Crippen molar-refractivity contribution in [2.75, 3.05) is 11.9 Å². The summed E-state index contributed by atoms with van der Waals surface area (Å²) in [5.74, 6) is -0.173. The van der Waals surface area contributed by atoms with E-state index < -0.39 is 0 Å². The van der Waals surface area contributed by atoms with E-state index in [2.05, 4.69) is 10.3 Å². The third-order valence-corrected chi connectivity index (χ3v) is 2.14. The fourth-order valence-electron chi connectivity index (χ4n) is 0.844. The molecule has 0 atom stereocenters. The third kappa shape index (κ3) is 4.66. The molecule has 0 saturated heterocycles. The van der Waals surface area contributed by atoms with Gasteiger partial charge >= 0.3 is 0 Å². The zero-order valence-corrected chi connectivity index (χ0v) is 9.99. The molecule has 1 amide bonds. The van der Waals surface area contributed by atoms with Crippen molar-refractivity contribution in [3.63, 3.8) is 0 Å². The molecule has 0 aliphatic heterocycles. The van der Waals surface area contributed by atoms with Gasteiger partial charge in [-0.1, -0.05) is 23.2 Å². The molecule has 0 aliphatic rings. The fourth-order valence-corrected chi connectivity index (χ4v) is 1.11. The average molecular weight is 271 g/mol. The first kappa shape index (κ1) is 14.5. The molecule has 0 spiro atoms. The lowest BCUT2D eigenvalue weighted by atomic mass is 10.3. The van der Waals surface area contributed by atoms with Gasteiger partial charge in [0.1, 0.15) is 5.15 Å². The van der Waals surface area contributed by atoms with Crippen LogP contribution in [0.3, 0.4) is 0 Å². The molecular weight excluding hydrogens is 260 g/mol. The molecule has 0 fully saturated rings. The maximum atomic E-state index is 11.1. The van der Waals surface area contributed by atoms with Crippen molar-refractivity contribution in [1.29, 1.82) is 0 Å². The molecule has 0 aliphatic carbocycles. The lowest BCUT2D eigenvalue weighted by Crippen LogP contribution is -2.16. The van der Waals surface area contributed by atoms with Crippen LogP contribution in [0.4, 0.5) is 5.69 Å². The number of hydrogen-bond acceptors (Lipinski definition) is 3. The van der Waals surface area contributed by atoms with Gasteiger partial charge in [-0.25, -0.2) is 4.98 Å². The average Bonchev–Trinajstić information content (AvgIpc) is 2.12. The molecule has 0 unspecified atom stereocenters. The predicted molar refractivity (Wildman–Crippen MR) is 63.8 cm³/mol. The van der Waals surface area contributed by atoms with Crippen LogP contribution in [0.1, 0.15) is 6.42 Å². The minimum absolute atomic E-state index is 0. The summed E-state index contributed by atoms with van der Waals surface area (Å²) in [6.07, 6.45) is 1.70. The molecule has 7 heteroatoms. The molecule has 1 aromatic heterocycles. The van der Waals surface area contributed by atoms with Crippen LogP contribution >= 0.6 is 35.6 Å². The number of halogens is 3. The summed E-state index contributed by atoms with van der Waals surface area (Å²) in [6, 6.07) is 1.53. The van der Waals surface area contributed by atoms with Crippen LogP contribution in [0.2, 0.25) is 10.2 Å². The normalized spacial score (nSPS) is 9.27. The quantitative estimate of drug-likeness (QED) is 0.827. The Hall–Kier alpha value is -0.550. The van der Waals surface area contributed by atoms with Crippen LogP contribution in [-0.4, -0.2) is 17.4 Å². The van der Waals surface area contributed by atoms with E-state index in [4.69, 9.17) is 28.9 Å². The van der Waals surface area contributed by atoms with Gasteiger partial charge in [-0.3, -0.25) is 4.79 Å². The monoisotopic (exact) mass is 269 g/mol. The van der Waals surface area contributed by atoms with E-state index in [0.717, 1.165) is 0 Å². The zero-order valence-electron chi connectivity index (χ0n) is 7.67. The van der Waals surface area contributed by atoms with Crippen LogP contribution in [0.5, 0.6) is 0 Å². The van der Waals surface area contributed by atoms with Crippen molar-refractivity contribution in [2.24, 2.45) is 5.73 Å². The van der Waals surface area contributed by atoms with Crippen LogP contribution < -0.4 is 11.1 Å². The van der Waals surface area contributed by atoms with Crippen molar-refractivity contribution >= 4 is 47.2 Å². The first-order chi connectivity index (χ1) is 6.63. The molecule has 1 heterocycles. The molecule has 0 radical (unpaired) electrons. The maximum Gasteiger partial charge on any atom is 0.225 e. The minimum atomic E-state index is -0.173. The van der Waals surface area contributed by atoms with Gasteiger partial charge in [0.25, 0.3) is 0 Å². The zero-order chi connectivity index (χ0) is 10.6. The second kappa shape index (κ2) is 6.85. The molecule has 0 aromatic carbocycles. The summed E-state index contributed by atoms with van der Waals surface area (Å²) < 4.78 is 0. The standard InChI is InChI=1S/C8H9Cl2N3O.ClH/c9-6-3-5(4-12-8(6)10)13-7(14)1-2-11;/h3-4H,1-2,11H2,(H,13,14);1H. The number of nitrogens with zero attached hydrogens (tertiary/aromatic N) is 1. The summed E-state index contributed by atoms with van der Waals surface area (Å²) in [5.41, 5.74) is 5.73. The number of hydrogen-bond donors (Lipinski definition) is 2. The van der Waals surface area contributed by atoms with Crippen LogP contribution in [-0.2, 0) is 4.79 Å². The summed E-state index contributed by atoms with van der Waals surface area (Å²) in [7, 11) is 0. The van der Waals surface area contributed by atoms with Crippen LogP contribution in [0.25, 0.3) is 0 Å². The number of pyridine rings is 1. The summed E-state index contributed by atoms with van der Waals surface area (Å²) in [4.78, 5) is 14.9. The number of amides is 1. The number of carbonyl (C=O) groups is 1. The van der Waals surface area contributed by atoms with Crippen molar-refractivity contribution in [3.8, 4) is 0 Å². The Morgan fingerprint density at radius 3 is 2.73 bits per heavy atom. The summed E-state index contributed by atoms with van der Waals surface area (Å²) in [6.45, 7) is 0.306. The molecule has 15 heavy (non-hydrogen) atoms. The Morgan fingerprint density at radius 1 is 1.53 bits per heavy atom. The second-order valence-electron chi connectivity index (χ2n) is 2.58. The minimum Gasteiger partial charge on any atom is -0.330 e. The van der Waals surface area contributed by atoms with Gasteiger partial charge in [-0.15, -0.1) is 12.4 Å². The van der Waals surface area contributed by atoms with Crippen molar-refractivity contribution < 1.29 is 4.79 Å². The first-order valence-electron chi connectivity index (χ1n) is 3.94. The molecule has 1 aromatic rings. The number of aromatic nitrogens is 1. The molecule has 0 bridgehead atoms. The van der Waals surface area contributed by atoms with E-state index >= 15 is 0 Å². The highest BCUT2D eigenvalue weighted by Crippen LogP contribution is 2.22. The van der Waals surface area contributed by atoms with E-state index in [9.17, 15) is 4.79 Å². The Labute approximate surface area is 104 Å². The lowest BCUT2D eigenvalue weighted by molar-refractivity contribution is -0.116. The van der Waals surface area contributed by atoms with E-state index in [1.807, 2.05) is 0 Å². The summed E-state index contributed by atoms with van der Waals surface area (Å²) in [5, 5.41) is 3.10. The van der Waals surface area contributed by atoms with Gasteiger partial charge in [0.05, 0.1) is 16.9 Å². The molecule has 1 rings (SSSR count). The lowest BCUT2D eigenvalue weighted by Gasteiger charge is -2.04. The van der Waals surface area contributed by atoms with Gasteiger partial charge in [-0.05, 0) is 6.07 Å². The Morgan fingerprint density at radius 2 is 2.20 bits per heavy atom. The number of nitrogens with one attached hydrogen (secondary N) is 1. The molecule has 0 saturated carbocycles. The van der Waals surface area contributed by atoms with Crippen molar-refractivity contribution in [2.45, 2.75) is 6.42 Å². The summed E-state index contributed by atoms with van der Waals surface area (Å²) >= 11 is 11.3. The Kier molecular flexibility index (Phi) is 6.60. The van der Waals surface area contributed by atoms with Crippen molar-refractivity contribution in [3.05, 3.63) is 22.4 Å². The second-order valence-corrected chi connectivity index (χ2v) is 3.35. The molecule has 3 N–H and O–H groups in total. The topological polar surface area (TPSA) is 68.0 Å². The highest BCUT2D eigenvalue weighted by atomic mass is 35.5. The highest BCUT2D eigenvalue weighted by molar-refractivity contribution is 6.41. The maximum absolute atomic E-state index is 11.1. The van der Waals surface area contributed by atoms with Gasteiger partial charge < -0.3 is 11.1 Å². The Bertz CT molecular complexity index is 346.